The van der Waals surface area contributed by atoms with Gasteiger partial charge in [-0.05, 0) is 49.7 Å². The molecule has 0 saturated heterocycles. The quantitative estimate of drug-likeness (QED) is 0.324. The third-order valence-corrected chi connectivity index (χ3v) is 4.86. The molecule has 4 rings (SSSR count). The average Bonchev–Trinajstić information content (AvgIpc) is 3.08. The standard InChI is InChI=1S/C21H20BrN5O/c1-15-19-20(25-16-8-10-18(11-9-16)28-13-5-12-22)23-14-24-21(19)27(26-15)17-6-3-2-4-7-17/h2-4,6-11,14H,5,12-13H2,1H3,(H,23,24,25). The minimum Gasteiger partial charge on any atom is -0.494 e. The van der Waals surface area contributed by atoms with E-state index in [1.165, 1.54) is 0 Å². The minimum atomic E-state index is 0.697. The van der Waals surface area contributed by atoms with E-state index in [1.807, 2.05) is 66.2 Å². The molecule has 0 aliphatic rings. The van der Waals surface area contributed by atoms with Crippen molar-refractivity contribution in [1.29, 1.82) is 0 Å². The van der Waals surface area contributed by atoms with Crippen molar-refractivity contribution in [1.82, 2.24) is 19.7 Å². The van der Waals surface area contributed by atoms with Crippen molar-refractivity contribution in [3.63, 3.8) is 0 Å². The second-order valence-electron chi connectivity index (χ2n) is 6.29. The lowest BCUT2D eigenvalue weighted by atomic mass is 10.2. The summed E-state index contributed by atoms with van der Waals surface area (Å²) in [5.74, 6) is 1.59. The number of benzene rings is 2. The van der Waals surface area contributed by atoms with Crippen molar-refractivity contribution in [2.75, 3.05) is 17.3 Å². The van der Waals surface area contributed by atoms with Crippen LogP contribution in [0, 0.1) is 6.92 Å². The molecule has 0 spiro atoms. The van der Waals surface area contributed by atoms with Gasteiger partial charge in [0.15, 0.2) is 5.65 Å². The summed E-state index contributed by atoms with van der Waals surface area (Å²) in [5, 5.41) is 9.89. The van der Waals surface area contributed by atoms with Crippen LogP contribution in [-0.4, -0.2) is 31.7 Å². The number of rotatable bonds is 7. The number of halogens is 1. The minimum absolute atomic E-state index is 0.697. The van der Waals surface area contributed by atoms with Gasteiger partial charge in [-0.2, -0.15) is 5.10 Å². The van der Waals surface area contributed by atoms with Crippen LogP contribution in [0.4, 0.5) is 11.5 Å². The Hall–Kier alpha value is -2.93. The molecule has 0 unspecified atom stereocenters. The van der Waals surface area contributed by atoms with E-state index in [-0.39, 0.29) is 0 Å². The Morgan fingerprint density at radius 1 is 1.04 bits per heavy atom. The van der Waals surface area contributed by atoms with Gasteiger partial charge >= 0.3 is 0 Å². The summed E-state index contributed by atoms with van der Waals surface area (Å²) < 4.78 is 7.54. The van der Waals surface area contributed by atoms with Gasteiger partial charge < -0.3 is 10.1 Å². The van der Waals surface area contributed by atoms with Crippen LogP contribution in [0.25, 0.3) is 16.7 Å². The topological polar surface area (TPSA) is 64.9 Å². The molecule has 2 heterocycles. The van der Waals surface area contributed by atoms with Crippen molar-refractivity contribution in [2.24, 2.45) is 0 Å². The van der Waals surface area contributed by atoms with Crippen LogP contribution < -0.4 is 10.1 Å². The van der Waals surface area contributed by atoms with Gasteiger partial charge in [0.25, 0.3) is 0 Å². The van der Waals surface area contributed by atoms with Gasteiger partial charge in [-0.25, -0.2) is 14.6 Å². The Kier molecular flexibility index (Phi) is 5.53. The highest BCUT2D eigenvalue weighted by Crippen LogP contribution is 2.28. The third-order valence-electron chi connectivity index (χ3n) is 4.30. The van der Waals surface area contributed by atoms with Crippen LogP contribution in [0.2, 0.25) is 0 Å². The Bertz CT molecular complexity index is 1060. The summed E-state index contributed by atoms with van der Waals surface area (Å²) in [6.45, 7) is 2.67. The van der Waals surface area contributed by atoms with Crippen molar-refractivity contribution in [3.8, 4) is 11.4 Å². The van der Waals surface area contributed by atoms with Crippen molar-refractivity contribution >= 4 is 38.5 Å². The molecule has 28 heavy (non-hydrogen) atoms. The molecule has 6 nitrogen and oxygen atoms in total. The van der Waals surface area contributed by atoms with E-state index in [9.17, 15) is 0 Å². The molecule has 0 amide bonds. The van der Waals surface area contributed by atoms with Gasteiger partial charge in [0.05, 0.1) is 23.4 Å². The SMILES string of the molecule is Cc1nn(-c2ccccc2)c2ncnc(Nc3ccc(OCCCBr)cc3)c12. The van der Waals surface area contributed by atoms with Gasteiger partial charge in [0, 0.05) is 11.0 Å². The Balaban J connectivity index is 1.62. The number of nitrogens with one attached hydrogen (secondary N) is 1. The number of para-hydroxylation sites is 1. The molecule has 0 aliphatic heterocycles. The monoisotopic (exact) mass is 437 g/mol. The highest BCUT2D eigenvalue weighted by molar-refractivity contribution is 9.09. The highest BCUT2D eigenvalue weighted by Gasteiger charge is 2.15. The molecule has 1 N–H and O–H groups in total. The number of fused-ring (bicyclic) bond motifs is 1. The number of hydrogen-bond acceptors (Lipinski definition) is 5. The number of aromatic nitrogens is 4. The number of nitrogens with zero attached hydrogens (tertiary/aromatic N) is 4. The van der Waals surface area contributed by atoms with Gasteiger partial charge in [-0.15, -0.1) is 0 Å². The number of hydrogen-bond donors (Lipinski definition) is 1. The molecule has 0 bridgehead atoms. The Morgan fingerprint density at radius 3 is 2.57 bits per heavy atom. The first-order valence-electron chi connectivity index (χ1n) is 9.08. The fourth-order valence-electron chi connectivity index (χ4n) is 2.98. The lowest BCUT2D eigenvalue weighted by Crippen LogP contribution is -2.00. The predicted octanol–water partition coefficient (Wildman–Crippen LogP) is 5.03. The van der Waals surface area contributed by atoms with Crippen LogP contribution >= 0.6 is 15.9 Å². The van der Waals surface area contributed by atoms with Crippen molar-refractivity contribution < 1.29 is 4.74 Å². The van der Waals surface area contributed by atoms with Gasteiger partial charge in [-0.1, -0.05) is 34.1 Å². The highest BCUT2D eigenvalue weighted by atomic mass is 79.9. The first-order valence-corrected chi connectivity index (χ1v) is 10.2. The number of aryl methyl sites for hydroxylation is 1. The molecule has 142 valence electrons. The maximum absolute atomic E-state index is 5.70. The normalized spacial score (nSPS) is 10.9. The molecular weight excluding hydrogens is 418 g/mol. The lowest BCUT2D eigenvalue weighted by molar-refractivity contribution is 0.319. The van der Waals surface area contributed by atoms with Crippen LogP contribution in [-0.2, 0) is 0 Å². The Morgan fingerprint density at radius 2 is 1.82 bits per heavy atom. The molecule has 2 aromatic heterocycles. The summed E-state index contributed by atoms with van der Waals surface area (Å²) in [5.41, 5.74) is 3.54. The fraction of sp³-hybridized carbons (Fsp3) is 0.190. The molecule has 0 atom stereocenters. The number of anilines is 2. The first kappa shape index (κ1) is 18.4. The van der Waals surface area contributed by atoms with Crippen LogP contribution in [0.1, 0.15) is 12.1 Å². The molecule has 7 heteroatoms. The van der Waals surface area contributed by atoms with Crippen LogP contribution in [0.3, 0.4) is 0 Å². The smallest absolute Gasteiger partial charge is 0.168 e. The number of ether oxygens (including phenoxy) is 1. The predicted molar refractivity (Wildman–Crippen MR) is 115 cm³/mol. The molecule has 0 radical (unpaired) electrons. The number of alkyl halides is 1. The van der Waals surface area contributed by atoms with E-state index in [0.717, 1.165) is 51.4 Å². The van der Waals surface area contributed by atoms with Gasteiger partial charge in [-0.3, -0.25) is 0 Å². The molecule has 2 aromatic carbocycles. The maximum atomic E-state index is 5.70. The zero-order valence-corrected chi connectivity index (χ0v) is 17.1. The fourth-order valence-corrected chi connectivity index (χ4v) is 3.21. The van der Waals surface area contributed by atoms with Gasteiger partial charge in [0.1, 0.15) is 17.9 Å². The van der Waals surface area contributed by atoms with E-state index in [4.69, 9.17) is 4.74 Å². The van der Waals surface area contributed by atoms with E-state index in [2.05, 4.69) is 36.3 Å². The summed E-state index contributed by atoms with van der Waals surface area (Å²) in [6.07, 6.45) is 2.53. The zero-order valence-electron chi connectivity index (χ0n) is 15.5. The second kappa shape index (κ2) is 8.39. The van der Waals surface area contributed by atoms with Crippen molar-refractivity contribution in [3.05, 3.63) is 66.6 Å². The molecule has 0 fully saturated rings. The summed E-state index contributed by atoms with van der Waals surface area (Å²) in [4.78, 5) is 8.90. The largest absolute Gasteiger partial charge is 0.494 e. The van der Waals surface area contributed by atoms with Crippen LogP contribution in [0.15, 0.2) is 60.9 Å². The molecule has 4 aromatic rings. The van der Waals surface area contributed by atoms with Gasteiger partial charge in [0.2, 0.25) is 0 Å². The molecule has 0 aliphatic carbocycles. The van der Waals surface area contributed by atoms with E-state index >= 15 is 0 Å². The Labute approximate surface area is 171 Å². The van der Waals surface area contributed by atoms with Crippen LogP contribution in [0.5, 0.6) is 5.75 Å². The van der Waals surface area contributed by atoms with Crippen molar-refractivity contribution in [2.45, 2.75) is 13.3 Å². The van der Waals surface area contributed by atoms with E-state index in [0.29, 0.717) is 6.61 Å². The first-order chi connectivity index (χ1) is 13.8. The zero-order chi connectivity index (χ0) is 19.3. The summed E-state index contributed by atoms with van der Waals surface area (Å²) >= 11 is 3.40. The summed E-state index contributed by atoms with van der Waals surface area (Å²) in [6, 6.07) is 17.8. The third kappa shape index (κ3) is 3.84. The average molecular weight is 438 g/mol. The summed E-state index contributed by atoms with van der Waals surface area (Å²) in [7, 11) is 0. The molecular formula is C21H20BrN5O. The van der Waals surface area contributed by atoms with E-state index in [1.54, 1.807) is 6.33 Å². The lowest BCUT2D eigenvalue weighted by Gasteiger charge is -2.09. The van der Waals surface area contributed by atoms with E-state index < -0.39 is 0 Å². The molecule has 0 saturated carbocycles. The maximum Gasteiger partial charge on any atom is 0.168 e. The second-order valence-corrected chi connectivity index (χ2v) is 7.09.